The van der Waals surface area contributed by atoms with Crippen molar-refractivity contribution in [3.63, 3.8) is 0 Å². The highest BCUT2D eigenvalue weighted by Gasteiger charge is 2.45. The van der Waals surface area contributed by atoms with Gasteiger partial charge in [0.15, 0.2) is 0 Å². The van der Waals surface area contributed by atoms with Gasteiger partial charge in [0.05, 0.1) is 18.2 Å². The van der Waals surface area contributed by atoms with Crippen LogP contribution in [0.5, 0.6) is 11.5 Å². The molecule has 1 fully saturated rings. The van der Waals surface area contributed by atoms with Crippen LogP contribution in [0, 0.1) is 0 Å². The number of ketones is 1. The average molecular weight is 543 g/mol. The molecule has 1 aliphatic rings. The SMILES string of the molecule is CCCCCOc1ccc(C2/C(=C(\O)c3ccc(OCc4ccccc4)cc3)C(=O)C(=O)N2CCN(C)C)cc1. The summed E-state index contributed by atoms with van der Waals surface area (Å²) in [4.78, 5) is 29.9. The van der Waals surface area contributed by atoms with Crippen LogP contribution in [0.25, 0.3) is 5.76 Å². The van der Waals surface area contributed by atoms with E-state index < -0.39 is 17.7 Å². The second-order valence-electron chi connectivity index (χ2n) is 10.2. The monoisotopic (exact) mass is 542 g/mol. The first-order valence-corrected chi connectivity index (χ1v) is 13.8. The fourth-order valence-electron chi connectivity index (χ4n) is 4.66. The third-order valence-electron chi connectivity index (χ3n) is 6.92. The number of carbonyl (C=O) groups excluding carboxylic acids is 2. The lowest BCUT2D eigenvalue weighted by Gasteiger charge is -2.26. The summed E-state index contributed by atoms with van der Waals surface area (Å²) in [6, 6.07) is 23.5. The van der Waals surface area contributed by atoms with Gasteiger partial charge in [-0.3, -0.25) is 9.59 Å². The molecule has 0 saturated carbocycles. The van der Waals surface area contributed by atoms with Crippen LogP contribution in [0.2, 0.25) is 0 Å². The number of rotatable bonds is 13. The molecule has 7 nitrogen and oxygen atoms in total. The number of hydrogen-bond acceptors (Lipinski definition) is 6. The topological polar surface area (TPSA) is 79.3 Å². The van der Waals surface area contributed by atoms with E-state index in [9.17, 15) is 14.7 Å². The van der Waals surface area contributed by atoms with Gasteiger partial charge in [0, 0.05) is 18.7 Å². The number of nitrogens with zero attached hydrogens (tertiary/aromatic N) is 2. The van der Waals surface area contributed by atoms with Gasteiger partial charge in [0.25, 0.3) is 11.7 Å². The summed E-state index contributed by atoms with van der Waals surface area (Å²) in [6.45, 7) is 4.13. The molecule has 0 spiro atoms. The fraction of sp³-hybridized carbons (Fsp3) is 0.333. The third kappa shape index (κ3) is 7.10. The number of aliphatic hydroxyl groups excluding tert-OH is 1. The predicted molar refractivity (Wildman–Crippen MR) is 156 cm³/mol. The maximum Gasteiger partial charge on any atom is 0.295 e. The quantitative estimate of drug-likeness (QED) is 0.127. The summed E-state index contributed by atoms with van der Waals surface area (Å²) in [5.74, 6) is -0.138. The summed E-state index contributed by atoms with van der Waals surface area (Å²) in [6.07, 6.45) is 3.22. The van der Waals surface area contributed by atoms with E-state index in [-0.39, 0.29) is 11.3 Å². The van der Waals surface area contributed by atoms with Crippen LogP contribution >= 0.6 is 0 Å². The van der Waals surface area contributed by atoms with Gasteiger partial charge in [-0.15, -0.1) is 0 Å². The smallest absolute Gasteiger partial charge is 0.295 e. The number of likely N-dealkylation sites (N-methyl/N-ethyl adjacent to an activating group) is 1. The van der Waals surface area contributed by atoms with Crippen molar-refractivity contribution in [2.24, 2.45) is 0 Å². The Hall–Kier alpha value is -4.10. The highest BCUT2D eigenvalue weighted by atomic mass is 16.5. The Morgan fingerprint density at radius 1 is 0.875 bits per heavy atom. The van der Waals surface area contributed by atoms with E-state index in [2.05, 4.69) is 6.92 Å². The summed E-state index contributed by atoms with van der Waals surface area (Å²) in [5.41, 5.74) is 2.31. The zero-order chi connectivity index (χ0) is 28.5. The Balaban J connectivity index is 1.60. The molecule has 210 valence electrons. The molecule has 7 heteroatoms. The zero-order valence-electron chi connectivity index (χ0n) is 23.5. The van der Waals surface area contributed by atoms with Gasteiger partial charge in [0.2, 0.25) is 0 Å². The molecule has 4 rings (SSSR count). The van der Waals surface area contributed by atoms with Gasteiger partial charge in [-0.2, -0.15) is 0 Å². The van der Waals surface area contributed by atoms with Crippen molar-refractivity contribution >= 4 is 17.4 Å². The zero-order valence-corrected chi connectivity index (χ0v) is 23.5. The van der Waals surface area contributed by atoms with E-state index in [4.69, 9.17) is 9.47 Å². The second-order valence-corrected chi connectivity index (χ2v) is 10.2. The largest absolute Gasteiger partial charge is 0.507 e. The first-order chi connectivity index (χ1) is 19.4. The lowest BCUT2D eigenvalue weighted by Crippen LogP contribution is -2.35. The molecular formula is C33H38N2O5. The molecule has 0 aromatic heterocycles. The minimum Gasteiger partial charge on any atom is -0.507 e. The van der Waals surface area contributed by atoms with Gasteiger partial charge in [-0.05, 0) is 68.0 Å². The molecule has 3 aromatic carbocycles. The molecule has 1 N–H and O–H groups in total. The van der Waals surface area contributed by atoms with E-state index in [0.717, 1.165) is 36.1 Å². The molecule has 1 atom stereocenters. The van der Waals surface area contributed by atoms with Crippen molar-refractivity contribution in [1.29, 1.82) is 0 Å². The highest BCUT2D eigenvalue weighted by Crippen LogP contribution is 2.40. The number of Topliss-reactive ketones (excluding diaryl/α,β-unsaturated/α-hetero) is 1. The molecule has 1 aliphatic heterocycles. The van der Waals surface area contributed by atoms with E-state index in [1.54, 1.807) is 29.2 Å². The minimum absolute atomic E-state index is 0.0818. The minimum atomic E-state index is -0.705. The number of hydrogen-bond donors (Lipinski definition) is 1. The van der Waals surface area contributed by atoms with Gasteiger partial charge >= 0.3 is 0 Å². The summed E-state index contributed by atoms with van der Waals surface area (Å²) < 4.78 is 11.7. The van der Waals surface area contributed by atoms with Gasteiger partial charge in [-0.25, -0.2) is 0 Å². The number of carbonyl (C=O) groups is 2. The molecule has 1 saturated heterocycles. The Morgan fingerprint density at radius 2 is 1.52 bits per heavy atom. The van der Waals surface area contributed by atoms with E-state index in [1.807, 2.05) is 73.6 Å². The van der Waals surface area contributed by atoms with Gasteiger partial charge in [-0.1, -0.05) is 62.2 Å². The number of amides is 1. The molecule has 0 aliphatic carbocycles. The number of unbranched alkanes of at least 4 members (excludes halogenated alkanes) is 2. The molecule has 1 heterocycles. The molecule has 40 heavy (non-hydrogen) atoms. The van der Waals surface area contributed by atoms with Crippen LogP contribution in [0.4, 0.5) is 0 Å². The van der Waals surface area contributed by atoms with Crippen molar-refractivity contribution < 1.29 is 24.2 Å². The normalized spacial score (nSPS) is 16.5. The standard InChI is InChI=1S/C33H38N2O5/c1-4-5-9-22-39-27-16-12-25(13-17-27)30-29(32(37)33(38)35(30)21-20-34(2)3)31(36)26-14-18-28(19-15-26)40-23-24-10-7-6-8-11-24/h6-8,10-19,30,36H,4-5,9,20-23H2,1-3H3/b31-29+. The molecule has 1 unspecified atom stereocenters. The predicted octanol–water partition coefficient (Wildman–Crippen LogP) is 5.82. The van der Waals surface area contributed by atoms with E-state index in [0.29, 0.717) is 37.6 Å². The molecule has 0 bridgehead atoms. The van der Waals surface area contributed by atoms with Crippen LogP contribution in [0.15, 0.2) is 84.4 Å². The van der Waals surface area contributed by atoms with E-state index >= 15 is 0 Å². The molecular weight excluding hydrogens is 504 g/mol. The number of benzene rings is 3. The van der Waals surface area contributed by atoms with Gasteiger partial charge in [0.1, 0.15) is 23.9 Å². The maximum absolute atomic E-state index is 13.3. The molecule has 3 aromatic rings. The fourth-order valence-corrected chi connectivity index (χ4v) is 4.66. The number of ether oxygens (including phenoxy) is 2. The van der Waals surface area contributed by atoms with Crippen LogP contribution in [0.1, 0.15) is 48.9 Å². The van der Waals surface area contributed by atoms with Crippen molar-refractivity contribution in [2.75, 3.05) is 33.8 Å². The van der Waals surface area contributed by atoms with Gasteiger partial charge < -0.3 is 24.4 Å². The molecule has 1 amide bonds. The second kappa shape index (κ2) is 13.8. The lowest BCUT2D eigenvalue weighted by atomic mass is 9.95. The Morgan fingerprint density at radius 3 is 2.17 bits per heavy atom. The average Bonchev–Trinajstić information content (AvgIpc) is 3.23. The lowest BCUT2D eigenvalue weighted by molar-refractivity contribution is -0.140. The summed E-state index contributed by atoms with van der Waals surface area (Å²) >= 11 is 0. The van der Waals surface area contributed by atoms with Crippen LogP contribution < -0.4 is 9.47 Å². The van der Waals surface area contributed by atoms with Crippen LogP contribution in [-0.4, -0.2) is 60.4 Å². The van der Waals surface area contributed by atoms with Crippen LogP contribution in [0.3, 0.4) is 0 Å². The number of likely N-dealkylation sites (tertiary alicyclic amines) is 1. The summed E-state index contributed by atoms with van der Waals surface area (Å²) in [7, 11) is 3.83. The highest BCUT2D eigenvalue weighted by molar-refractivity contribution is 6.46. The summed E-state index contributed by atoms with van der Waals surface area (Å²) in [5, 5.41) is 11.4. The Labute approximate surface area is 236 Å². The van der Waals surface area contributed by atoms with E-state index in [1.165, 1.54) is 0 Å². The van der Waals surface area contributed by atoms with Crippen LogP contribution in [-0.2, 0) is 16.2 Å². The van der Waals surface area contributed by atoms with Crippen molar-refractivity contribution in [1.82, 2.24) is 9.80 Å². The Bertz CT molecular complexity index is 1300. The van der Waals surface area contributed by atoms with Crippen molar-refractivity contribution in [2.45, 2.75) is 38.8 Å². The first kappa shape index (κ1) is 28.9. The first-order valence-electron chi connectivity index (χ1n) is 13.8. The number of aliphatic hydroxyl groups is 1. The Kier molecular flexibility index (Phi) is 9.97. The van der Waals surface area contributed by atoms with Crippen molar-refractivity contribution in [3.8, 4) is 11.5 Å². The maximum atomic E-state index is 13.3. The van der Waals surface area contributed by atoms with Crippen molar-refractivity contribution in [3.05, 3.63) is 101 Å². The molecule has 0 radical (unpaired) electrons. The third-order valence-corrected chi connectivity index (χ3v) is 6.92.